The molecule has 1 fully saturated rings. The third kappa shape index (κ3) is 7.58. The van der Waals surface area contributed by atoms with Gasteiger partial charge in [0.15, 0.2) is 11.6 Å². The molecule has 1 aliphatic carbocycles. The summed E-state index contributed by atoms with van der Waals surface area (Å²) in [5, 5.41) is 19.0. The number of hydrogen-bond acceptors (Lipinski definition) is 8. The Balaban J connectivity index is 1.54. The smallest absolute Gasteiger partial charge is 0.438 e. The summed E-state index contributed by atoms with van der Waals surface area (Å²) in [7, 11) is -2.21. The van der Waals surface area contributed by atoms with Gasteiger partial charge in [-0.1, -0.05) is 18.1 Å². The van der Waals surface area contributed by atoms with Gasteiger partial charge in [-0.25, -0.2) is 22.2 Å². The Kier molecular flexibility index (Phi) is 9.16. The average Bonchev–Trinajstić information content (AvgIpc) is 3.66. The average molecular weight is 784 g/mol. The van der Waals surface area contributed by atoms with E-state index >= 15 is 0 Å². The Morgan fingerprint density at radius 3 is 2.45 bits per heavy atom. The topological polar surface area (TPSA) is 167 Å². The lowest BCUT2D eigenvalue weighted by atomic mass is 9.84. The van der Waals surface area contributed by atoms with Gasteiger partial charge < -0.3 is 15.6 Å². The van der Waals surface area contributed by atoms with Crippen LogP contribution in [0.5, 0.6) is 5.75 Å². The van der Waals surface area contributed by atoms with Crippen molar-refractivity contribution >= 4 is 32.7 Å². The van der Waals surface area contributed by atoms with E-state index < -0.39 is 75.1 Å². The first kappa shape index (κ1) is 37.8. The van der Waals surface area contributed by atoms with Gasteiger partial charge in [-0.2, -0.15) is 23.4 Å². The number of rotatable bonds is 9. The second-order valence-electron chi connectivity index (χ2n) is 14.3. The molecule has 0 spiro atoms. The maximum absolute atomic E-state index is 14.7. The van der Waals surface area contributed by atoms with Crippen molar-refractivity contribution in [2.75, 3.05) is 17.6 Å². The Morgan fingerprint density at radius 2 is 1.82 bits per heavy atom. The number of aromatic nitrogens is 5. The number of nitrogens with zero attached hydrogens (tertiary/aromatic N) is 5. The fourth-order valence-corrected chi connectivity index (χ4v) is 7.68. The highest BCUT2D eigenvalue weighted by molar-refractivity contribution is 7.92. The van der Waals surface area contributed by atoms with Crippen molar-refractivity contribution in [2.45, 2.75) is 56.3 Å². The van der Waals surface area contributed by atoms with Crippen LogP contribution >= 0.6 is 0 Å². The predicted molar refractivity (Wildman–Crippen MR) is 190 cm³/mol. The minimum Gasteiger partial charge on any atom is -0.489 e. The van der Waals surface area contributed by atoms with E-state index in [0.29, 0.717) is 29.0 Å². The number of halogens is 5. The van der Waals surface area contributed by atoms with Crippen molar-refractivity contribution in [2.24, 2.45) is 18.7 Å². The fraction of sp³-hybridized carbons (Fsp3) is 0.351. The van der Waals surface area contributed by atoms with Gasteiger partial charge in [0.2, 0.25) is 21.6 Å². The largest absolute Gasteiger partial charge is 0.489 e. The van der Waals surface area contributed by atoms with Crippen molar-refractivity contribution in [3.8, 4) is 28.7 Å². The highest BCUT2D eigenvalue weighted by atomic mass is 32.2. The molecule has 3 unspecified atom stereocenters. The maximum Gasteiger partial charge on any atom is 0.438 e. The van der Waals surface area contributed by atoms with E-state index in [1.807, 2.05) is 0 Å². The van der Waals surface area contributed by atoms with E-state index in [-0.39, 0.29) is 46.6 Å². The van der Waals surface area contributed by atoms with Gasteiger partial charge in [-0.15, -0.1) is 0 Å². The second-order valence-corrected chi connectivity index (χ2v) is 16.1. The number of carbonyl (C=O) groups is 1. The zero-order chi connectivity index (χ0) is 39.8. The molecule has 55 heavy (non-hydrogen) atoms. The molecule has 2 aliphatic rings. The molecule has 0 radical (unpaired) electrons. The fourth-order valence-electron chi connectivity index (χ4n) is 7.17. The Labute approximate surface area is 311 Å². The number of fused-ring (bicyclic) bond motifs is 4. The summed E-state index contributed by atoms with van der Waals surface area (Å²) in [6.07, 6.45) is -3.94. The number of nitrogens with two attached hydrogens (primary N) is 1. The molecule has 0 bridgehead atoms. The molecule has 4 atom stereocenters. The van der Waals surface area contributed by atoms with Gasteiger partial charge in [0.25, 0.3) is 0 Å². The van der Waals surface area contributed by atoms with Crippen molar-refractivity contribution in [1.82, 2.24) is 24.5 Å². The molecule has 0 saturated heterocycles. The van der Waals surface area contributed by atoms with Crippen LogP contribution in [0, 0.1) is 29.4 Å². The Bertz CT molecular complexity index is 2530. The molecular weight excluding hydrogens is 750 g/mol. The molecule has 3 aromatic heterocycles. The zero-order valence-electron chi connectivity index (χ0n) is 29.7. The lowest BCUT2D eigenvalue weighted by molar-refractivity contribution is -0.143. The van der Waals surface area contributed by atoms with Crippen LogP contribution in [0.2, 0.25) is 0 Å². The van der Waals surface area contributed by atoms with Gasteiger partial charge in [-0.05, 0) is 68.5 Å². The van der Waals surface area contributed by atoms with Crippen LogP contribution < -0.4 is 15.2 Å². The molecule has 7 rings (SSSR count). The number of anilines is 1. The molecule has 4 N–H and O–H groups in total. The number of benzene rings is 2. The van der Waals surface area contributed by atoms with Gasteiger partial charge in [0.05, 0.1) is 29.8 Å². The van der Waals surface area contributed by atoms with Gasteiger partial charge >= 0.3 is 6.18 Å². The summed E-state index contributed by atoms with van der Waals surface area (Å²) in [5.74, 6) is -0.0116. The first-order valence-corrected chi connectivity index (χ1v) is 18.8. The highest BCUT2D eigenvalue weighted by Crippen LogP contribution is 2.57. The van der Waals surface area contributed by atoms with E-state index in [1.54, 1.807) is 31.3 Å². The minimum atomic E-state index is -4.98. The number of alkyl halides is 3. The van der Waals surface area contributed by atoms with Crippen LogP contribution in [0.4, 0.5) is 27.8 Å². The van der Waals surface area contributed by atoms with Crippen LogP contribution in [-0.4, -0.2) is 62.4 Å². The first-order valence-electron chi connectivity index (χ1n) is 17.0. The van der Waals surface area contributed by atoms with Crippen molar-refractivity contribution in [3.05, 3.63) is 88.5 Å². The summed E-state index contributed by atoms with van der Waals surface area (Å²) < 4.78 is 108. The monoisotopic (exact) mass is 783 g/mol. The number of ether oxygens (including phenoxy) is 1. The lowest BCUT2D eigenvalue weighted by Crippen LogP contribution is -2.35. The normalized spacial score (nSPS) is 17.7. The van der Waals surface area contributed by atoms with E-state index in [2.05, 4.69) is 26.8 Å². The predicted octanol–water partition coefficient (Wildman–Crippen LogP) is 5.17. The molecule has 288 valence electrons. The second kappa shape index (κ2) is 13.3. The van der Waals surface area contributed by atoms with Crippen LogP contribution in [-0.2, 0) is 34.5 Å². The summed E-state index contributed by atoms with van der Waals surface area (Å²) in [5.41, 5.74) is 4.48. The van der Waals surface area contributed by atoms with E-state index in [0.717, 1.165) is 23.1 Å². The summed E-state index contributed by atoms with van der Waals surface area (Å²) >= 11 is 0. The van der Waals surface area contributed by atoms with Crippen LogP contribution in [0.15, 0.2) is 48.5 Å². The molecule has 4 heterocycles. The minimum absolute atomic E-state index is 0.00709. The van der Waals surface area contributed by atoms with Crippen molar-refractivity contribution in [3.63, 3.8) is 0 Å². The number of nitrogens with one attached hydrogen (secondary N) is 1. The van der Waals surface area contributed by atoms with Crippen LogP contribution in [0.3, 0.4) is 0 Å². The summed E-state index contributed by atoms with van der Waals surface area (Å²) in [6.45, 7) is 2.91. The Hall–Kier alpha value is -5.54. The number of para-hydroxylation sites is 1. The molecular formula is C37H34F5N7O5S. The van der Waals surface area contributed by atoms with Crippen LogP contribution in [0.1, 0.15) is 66.5 Å². The Morgan fingerprint density at radius 1 is 1.11 bits per heavy atom. The SMILES string of the molecule is Cn1nc(NS(C)(=O)=O)c2cccc(-c3ccc(C#CC(C)(C)O)nc3[C@@H](Cc3cc(F)cc(F)c3)C(C(N)=O)n3nc(C(F)(F)F)c4c3C3CC3CO4)c21. The van der Waals surface area contributed by atoms with Crippen molar-refractivity contribution in [1.29, 1.82) is 0 Å². The molecule has 12 nitrogen and oxygen atoms in total. The molecule has 1 amide bonds. The van der Waals surface area contributed by atoms with E-state index in [1.165, 1.54) is 24.6 Å². The molecule has 18 heteroatoms. The first-order chi connectivity index (χ1) is 25.7. The molecule has 2 aromatic carbocycles. The zero-order valence-corrected chi connectivity index (χ0v) is 30.6. The van der Waals surface area contributed by atoms with Gasteiger partial charge in [0, 0.05) is 47.4 Å². The number of amides is 1. The number of sulfonamides is 1. The number of aliphatic hydroxyl groups is 1. The lowest BCUT2D eigenvalue weighted by Gasteiger charge is -2.29. The number of pyridine rings is 1. The quantitative estimate of drug-likeness (QED) is 0.136. The van der Waals surface area contributed by atoms with E-state index in [9.17, 15) is 40.3 Å². The number of aryl methyl sites for hydroxylation is 1. The van der Waals surface area contributed by atoms with Gasteiger partial charge in [-0.3, -0.25) is 18.9 Å². The summed E-state index contributed by atoms with van der Waals surface area (Å²) in [4.78, 5) is 18.6. The standard InChI is InChI=1S/C37H34F5N7O5S/c1-36(2,51)11-10-22-8-9-23(24-6-5-7-25-29(24)48(3)46-35(25)47-55(4,52)53)28(44-22)27(14-18-12-20(38)16-21(39)13-18)31(34(43)50)49-30-26-15-19(26)17-54-32(30)33(45-49)37(40,41)42/h5-9,12-13,16,19,26-27,31,51H,14-15,17H2,1-4H3,(H2,43,50)(H,46,47)/t19?,26?,27-,31?/m1/s1. The maximum atomic E-state index is 14.7. The van der Waals surface area contributed by atoms with Gasteiger partial charge in [0.1, 0.15) is 29.0 Å². The van der Waals surface area contributed by atoms with Crippen molar-refractivity contribution < 1.29 is 45.0 Å². The molecule has 1 saturated carbocycles. The third-order valence-corrected chi connectivity index (χ3v) is 9.97. The number of hydrogen-bond donors (Lipinski definition) is 3. The summed E-state index contributed by atoms with van der Waals surface area (Å²) in [6, 6.07) is 8.95. The molecule has 5 aromatic rings. The number of carbonyl (C=O) groups excluding carboxylic acids is 1. The van der Waals surface area contributed by atoms with Crippen LogP contribution in [0.25, 0.3) is 22.0 Å². The third-order valence-electron chi connectivity index (χ3n) is 9.41. The number of primary amides is 1. The van der Waals surface area contributed by atoms with E-state index in [4.69, 9.17) is 15.5 Å². The highest BCUT2D eigenvalue weighted by Gasteiger charge is 2.53. The molecule has 1 aliphatic heterocycles.